The lowest BCUT2D eigenvalue weighted by atomic mass is 10.0. The molecule has 1 aliphatic heterocycles. The summed E-state index contributed by atoms with van der Waals surface area (Å²) in [6.45, 7) is 6.45. The summed E-state index contributed by atoms with van der Waals surface area (Å²) < 4.78 is 0. The van der Waals surface area contributed by atoms with Gasteiger partial charge < -0.3 is 15.3 Å². The molecule has 0 aliphatic carbocycles. The lowest BCUT2D eigenvalue weighted by Gasteiger charge is -2.21. The van der Waals surface area contributed by atoms with Crippen molar-refractivity contribution in [3.8, 4) is 0 Å². The van der Waals surface area contributed by atoms with E-state index in [1.54, 1.807) is 6.92 Å². The molecule has 3 amide bonds. The number of hydrogen-bond acceptors (Lipinski definition) is 4. The second-order valence-electron chi connectivity index (χ2n) is 5.84. The molecule has 0 saturated carbocycles. The van der Waals surface area contributed by atoms with Crippen molar-refractivity contribution in [2.24, 2.45) is 5.92 Å². The van der Waals surface area contributed by atoms with Crippen LogP contribution in [0.4, 0.5) is 4.79 Å². The Morgan fingerprint density at radius 2 is 1.76 bits per heavy atom. The summed E-state index contributed by atoms with van der Waals surface area (Å²) in [5.74, 6) is -1.69. The molecule has 0 aromatic heterocycles. The normalized spacial score (nSPS) is 18.0. The van der Waals surface area contributed by atoms with Crippen LogP contribution in [0.25, 0.3) is 0 Å². The van der Waals surface area contributed by atoms with Crippen molar-refractivity contribution < 1.29 is 19.5 Å². The molecule has 21 heavy (non-hydrogen) atoms. The fraction of sp³-hybridized carbons (Fsp3) is 0.786. The summed E-state index contributed by atoms with van der Waals surface area (Å²) in [7, 11) is 0. The molecule has 1 heterocycles. The van der Waals surface area contributed by atoms with Gasteiger partial charge in [-0.2, -0.15) is 0 Å². The second-order valence-corrected chi connectivity index (χ2v) is 5.84. The first-order valence-electron chi connectivity index (χ1n) is 7.41. The maximum absolute atomic E-state index is 11.7. The number of aliphatic carboxylic acids is 1. The zero-order valence-corrected chi connectivity index (χ0v) is 12.7. The number of imide groups is 1. The molecule has 0 bridgehead atoms. The van der Waals surface area contributed by atoms with Gasteiger partial charge in [-0.05, 0) is 38.8 Å². The third-order valence-electron chi connectivity index (χ3n) is 3.42. The highest BCUT2D eigenvalue weighted by Gasteiger charge is 2.18. The van der Waals surface area contributed by atoms with Gasteiger partial charge in [-0.25, -0.2) is 4.79 Å². The largest absolute Gasteiger partial charge is 0.481 e. The number of carboxylic acid groups (broad SMARTS) is 1. The average molecular weight is 299 g/mol. The van der Waals surface area contributed by atoms with E-state index >= 15 is 0 Å². The topological polar surface area (TPSA) is 98.7 Å². The Morgan fingerprint density at radius 3 is 2.33 bits per heavy atom. The van der Waals surface area contributed by atoms with Crippen molar-refractivity contribution in [1.29, 1.82) is 0 Å². The van der Waals surface area contributed by atoms with E-state index in [1.165, 1.54) is 12.8 Å². The molecule has 0 aromatic rings. The summed E-state index contributed by atoms with van der Waals surface area (Å²) in [6.07, 6.45) is 2.33. The van der Waals surface area contributed by atoms with Gasteiger partial charge in [0.05, 0.1) is 0 Å². The Balaban J connectivity index is 2.22. The fourth-order valence-corrected chi connectivity index (χ4v) is 2.52. The molecule has 7 heteroatoms. The lowest BCUT2D eigenvalue weighted by molar-refractivity contribution is -0.138. The lowest BCUT2D eigenvalue weighted by Crippen LogP contribution is -2.47. The Labute approximate surface area is 125 Å². The van der Waals surface area contributed by atoms with Crippen LogP contribution >= 0.6 is 0 Å². The average Bonchev–Trinajstić information content (AvgIpc) is 2.78. The predicted octanol–water partition coefficient (Wildman–Crippen LogP) is 0.797. The fourth-order valence-electron chi connectivity index (χ4n) is 2.52. The van der Waals surface area contributed by atoms with Gasteiger partial charge in [-0.1, -0.05) is 6.92 Å². The Kier molecular flexibility index (Phi) is 7.14. The molecule has 1 rings (SSSR count). The van der Waals surface area contributed by atoms with E-state index in [2.05, 4.69) is 15.5 Å². The van der Waals surface area contributed by atoms with Gasteiger partial charge in [0.2, 0.25) is 5.91 Å². The number of carbonyl (C=O) groups excluding carboxylic acids is 2. The van der Waals surface area contributed by atoms with Gasteiger partial charge >= 0.3 is 12.0 Å². The van der Waals surface area contributed by atoms with Crippen LogP contribution in [0.5, 0.6) is 0 Å². The van der Waals surface area contributed by atoms with Crippen LogP contribution in [0.1, 0.15) is 39.5 Å². The summed E-state index contributed by atoms with van der Waals surface area (Å²) in [5, 5.41) is 13.6. The van der Waals surface area contributed by atoms with E-state index in [4.69, 9.17) is 5.11 Å². The number of nitrogens with one attached hydrogen (secondary N) is 2. The van der Waals surface area contributed by atoms with Crippen molar-refractivity contribution in [3.05, 3.63) is 0 Å². The molecule has 1 aliphatic rings. The first kappa shape index (κ1) is 17.4. The monoisotopic (exact) mass is 299 g/mol. The highest BCUT2D eigenvalue weighted by atomic mass is 16.4. The molecule has 0 spiro atoms. The van der Waals surface area contributed by atoms with Crippen LogP contribution in [0, 0.1) is 5.92 Å². The van der Waals surface area contributed by atoms with Crippen molar-refractivity contribution in [2.45, 2.75) is 45.6 Å². The van der Waals surface area contributed by atoms with Crippen molar-refractivity contribution in [1.82, 2.24) is 15.5 Å². The third-order valence-corrected chi connectivity index (χ3v) is 3.42. The summed E-state index contributed by atoms with van der Waals surface area (Å²) in [6, 6.07) is -0.554. The molecule has 1 saturated heterocycles. The Morgan fingerprint density at radius 1 is 1.14 bits per heavy atom. The van der Waals surface area contributed by atoms with Crippen LogP contribution in [-0.2, 0) is 9.59 Å². The maximum atomic E-state index is 11.7. The van der Waals surface area contributed by atoms with Gasteiger partial charge in [0, 0.05) is 25.4 Å². The number of likely N-dealkylation sites (tertiary alicyclic amines) is 1. The van der Waals surface area contributed by atoms with Gasteiger partial charge in [-0.15, -0.1) is 0 Å². The molecular formula is C14H25N3O4. The van der Waals surface area contributed by atoms with Crippen LogP contribution < -0.4 is 10.6 Å². The molecule has 1 fully saturated rings. The van der Waals surface area contributed by atoms with Crippen molar-refractivity contribution in [2.75, 3.05) is 19.6 Å². The quantitative estimate of drug-likeness (QED) is 0.646. The van der Waals surface area contributed by atoms with E-state index in [1.807, 2.05) is 6.92 Å². The third kappa shape index (κ3) is 7.65. The van der Waals surface area contributed by atoms with Crippen LogP contribution in [0.3, 0.4) is 0 Å². The number of hydrogen-bond donors (Lipinski definition) is 3. The smallest absolute Gasteiger partial charge is 0.321 e. The minimum Gasteiger partial charge on any atom is -0.481 e. The minimum atomic E-state index is -0.945. The highest BCUT2D eigenvalue weighted by molar-refractivity contribution is 5.94. The van der Waals surface area contributed by atoms with Gasteiger partial charge in [0.15, 0.2) is 0 Å². The number of rotatable bonds is 7. The predicted molar refractivity (Wildman–Crippen MR) is 77.8 cm³/mol. The van der Waals surface area contributed by atoms with E-state index in [0.29, 0.717) is 0 Å². The highest BCUT2D eigenvalue weighted by Crippen LogP contribution is 2.08. The standard InChI is InChI=1S/C14H25N3O4/c1-10(8-13(19)20)7-12(18)16-14(21)15-11(2)9-17-5-3-4-6-17/h10-11H,3-9H2,1-2H3,(H,19,20)(H2,15,16,18,21). The number of carboxylic acids is 1. The SMILES string of the molecule is CC(CC(=O)O)CC(=O)NC(=O)NC(C)CN1CCCC1. The number of amides is 3. The molecule has 120 valence electrons. The Bertz CT molecular complexity index is 380. The zero-order valence-electron chi connectivity index (χ0n) is 12.7. The van der Waals surface area contributed by atoms with E-state index in [0.717, 1.165) is 19.6 Å². The summed E-state index contributed by atoms with van der Waals surface area (Å²) in [5.41, 5.74) is 0. The van der Waals surface area contributed by atoms with Gasteiger partial charge in [-0.3, -0.25) is 14.9 Å². The molecule has 0 radical (unpaired) electrons. The number of urea groups is 1. The van der Waals surface area contributed by atoms with E-state index < -0.39 is 17.9 Å². The van der Waals surface area contributed by atoms with Crippen LogP contribution in [0.2, 0.25) is 0 Å². The molecule has 7 nitrogen and oxygen atoms in total. The van der Waals surface area contributed by atoms with E-state index in [-0.39, 0.29) is 24.8 Å². The molecule has 0 aromatic carbocycles. The Hall–Kier alpha value is -1.63. The van der Waals surface area contributed by atoms with Gasteiger partial charge in [0.25, 0.3) is 0 Å². The minimum absolute atomic E-state index is 0.0280. The molecule has 2 atom stereocenters. The van der Waals surface area contributed by atoms with Crippen LogP contribution in [-0.4, -0.2) is 53.6 Å². The second kappa shape index (κ2) is 8.61. The first-order chi connectivity index (χ1) is 9.86. The zero-order chi connectivity index (χ0) is 15.8. The summed E-state index contributed by atoms with van der Waals surface area (Å²) in [4.78, 5) is 36.0. The first-order valence-corrected chi connectivity index (χ1v) is 7.41. The summed E-state index contributed by atoms with van der Waals surface area (Å²) >= 11 is 0. The van der Waals surface area contributed by atoms with Crippen molar-refractivity contribution in [3.63, 3.8) is 0 Å². The molecule has 2 unspecified atom stereocenters. The van der Waals surface area contributed by atoms with Gasteiger partial charge in [0.1, 0.15) is 0 Å². The number of carbonyl (C=O) groups is 3. The van der Waals surface area contributed by atoms with E-state index in [9.17, 15) is 14.4 Å². The van der Waals surface area contributed by atoms with Crippen molar-refractivity contribution >= 4 is 17.9 Å². The number of nitrogens with zero attached hydrogens (tertiary/aromatic N) is 1. The molecule has 3 N–H and O–H groups in total. The van der Waals surface area contributed by atoms with Crippen LogP contribution in [0.15, 0.2) is 0 Å². The molecular weight excluding hydrogens is 274 g/mol. The maximum Gasteiger partial charge on any atom is 0.321 e.